The summed E-state index contributed by atoms with van der Waals surface area (Å²) in [7, 11) is -1.05. The predicted molar refractivity (Wildman–Crippen MR) is 77.5 cm³/mol. The summed E-state index contributed by atoms with van der Waals surface area (Å²) in [6.07, 6.45) is 0. The fourth-order valence-electron chi connectivity index (χ4n) is 2.25. The molecule has 0 radical (unpaired) electrons. The monoisotopic (exact) mass is 257 g/mol. The van der Waals surface area contributed by atoms with Gasteiger partial charge in [-0.25, -0.2) is 0 Å². The van der Waals surface area contributed by atoms with Crippen molar-refractivity contribution in [1.82, 2.24) is 4.57 Å². The van der Waals surface area contributed by atoms with E-state index in [1.807, 2.05) is 0 Å². The maximum Gasteiger partial charge on any atom is 0.122 e. The molecule has 0 aliphatic carbocycles. The van der Waals surface area contributed by atoms with Crippen LogP contribution in [0, 0.1) is 0 Å². The number of ether oxygens (including phenoxy) is 1. The molecule has 1 aliphatic heterocycles. The van der Waals surface area contributed by atoms with Gasteiger partial charge in [-0.15, -0.1) is 5.70 Å². The third kappa shape index (κ3) is 4.95. The van der Waals surface area contributed by atoms with E-state index in [0.717, 1.165) is 13.2 Å². The Morgan fingerprint density at radius 2 is 1.94 bits per heavy atom. The highest BCUT2D eigenvalue weighted by Gasteiger charge is 2.29. The summed E-state index contributed by atoms with van der Waals surface area (Å²) < 4.78 is 8.16. The summed E-state index contributed by atoms with van der Waals surface area (Å²) in [5.41, 5.74) is 4.02. The van der Waals surface area contributed by atoms with E-state index in [0.29, 0.717) is 0 Å². The van der Waals surface area contributed by atoms with Crippen LogP contribution in [-0.4, -0.2) is 48.6 Å². The molecule has 0 N–H and O–H groups in total. The average molecular weight is 258 g/mol. The number of allylic oxidation sites excluding steroid dienone is 1. The van der Waals surface area contributed by atoms with Crippen LogP contribution in [0.15, 0.2) is 11.3 Å². The Bertz CT molecular complexity index is 231. The summed E-state index contributed by atoms with van der Waals surface area (Å²) >= 11 is 0. The van der Waals surface area contributed by atoms with Crippen LogP contribution in [0.1, 0.15) is 13.8 Å². The van der Waals surface area contributed by atoms with Crippen LogP contribution >= 0.6 is 0 Å². The highest BCUT2D eigenvalue weighted by atomic mass is 28.3. The molecule has 0 saturated carbocycles. The predicted octanol–water partition coefficient (Wildman–Crippen LogP) is 2.03. The molecule has 0 bridgehead atoms. The highest BCUT2D eigenvalue weighted by Crippen LogP contribution is 2.19. The Hall–Kier alpha value is 0.0938. The van der Waals surface area contributed by atoms with Gasteiger partial charge in [0.15, 0.2) is 0 Å². The Labute approximate surface area is 104 Å². The smallest absolute Gasteiger partial charge is 0.122 e. The van der Waals surface area contributed by atoms with Gasteiger partial charge in [-0.3, -0.25) is 0 Å². The molecular weight excluding hydrogens is 230 g/mol. The van der Waals surface area contributed by atoms with Crippen LogP contribution in [0.5, 0.6) is 0 Å². The molecule has 0 amide bonds. The van der Waals surface area contributed by atoms with Crippen molar-refractivity contribution in [3.63, 3.8) is 0 Å². The van der Waals surface area contributed by atoms with Crippen molar-refractivity contribution in [1.29, 1.82) is 0 Å². The second kappa shape index (κ2) is 6.74. The van der Waals surface area contributed by atoms with E-state index in [9.17, 15) is 0 Å². The largest absolute Gasteiger partial charge is 0.379 e. The van der Waals surface area contributed by atoms with Crippen molar-refractivity contribution < 1.29 is 4.74 Å². The molecule has 94 valence electrons. The zero-order valence-corrected chi connectivity index (χ0v) is 13.8. The van der Waals surface area contributed by atoms with Crippen molar-refractivity contribution in [3.8, 4) is 0 Å². The van der Waals surface area contributed by atoms with E-state index < -0.39 is 8.24 Å². The van der Waals surface area contributed by atoms with Crippen LogP contribution in [-0.2, 0) is 4.74 Å². The minimum atomic E-state index is -1.12. The van der Waals surface area contributed by atoms with Gasteiger partial charge in [0, 0.05) is 22.6 Å². The minimum absolute atomic E-state index is 0.0632. The van der Waals surface area contributed by atoms with Crippen molar-refractivity contribution in [2.45, 2.75) is 39.0 Å². The van der Waals surface area contributed by atoms with E-state index in [1.165, 1.54) is 30.8 Å². The zero-order chi connectivity index (χ0) is 12.0. The molecule has 1 rings (SSSR count). The first kappa shape index (κ1) is 14.2. The third-order valence-electron chi connectivity index (χ3n) is 3.41. The van der Waals surface area contributed by atoms with Crippen molar-refractivity contribution in [2.24, 2.45) is 0 Å². The Morgan fingerprint density at radius 1 is 1.31 bits per heavy atom. The summed E-state index contributed by atoms with van der Waals surface area (Å²) in [5, 5.41) is 0. The molecule has 0 unspecified atom stereocenters. The van der Waals surface area contributed by atoms with Crippen molar-refractivity contribution >= 4 is 17.8 Å². The molecule has 16 heavy (non-hydrogen) atoms. The molecule has 4 heteroatoms. The van der Waals surface area contributed by atoms with E-state index in [-0.39, 0.29) is 9.52 Å². The highest BCUT2D eigenvalue weighted by molar-refractivity contribution is 6.75. The van der Waals surface area contributed by atoms with Crippen molar-refractivity contribution in [3.05, 3.63) is 11.3 Å². The van der Waals surface area contributed by atoms with E-state index >= 15 is 0 Å². The first-order valence-electron chi connectivity index (χ1n) is 6.48. The number of hydrogen-bond donors (Lipinski definition) is 0. The second-order valence-corrected chi connectivity index (χ2v) is 12.0. The lowest BCUT2D eigenvalue weighted by molar-refractivity contribution is 0.0689. The lowest BCUT2D eigenvalue weighted by atomic mass is 10.4. The quantitative estimate of drug-likeness (QED) is 0.552. The molecule has 1 fully saturated rings. The second-order valence-electron chi connectivity index (χ2n) is 5.59. The lowest BCUT2D eigenvalue weighted by Gasteiger charge is -2.39. The molecule has 0 aromatic heterocycles. The molecule has 0 spiro atoms. The normalized spacial score (nSPS) is 19.2. The van der Waals surface area contributed by atoms with Crippen LogP contribution in [0.25, 0.3) is 0 Å². The van der Waals surface area contributed by atoms with Crippen LogP contribution in [0.2, 0.25) is 25.2 Å². The van der Waals surface area contributed by atoms with E-state index in [1.54, 1.807) is 0 Å². The molecular formula is C12H27NOSi2. The molecule has 1 aliphatic rings. The van der Waals surface area contributed by atoms with Gasteiger partial charge in [-0.05, 0) is 19.9 Å². The first-order valence-corrected chi connectivity index (χ1v) is 11.5. The maximum atomic E-state index is 5.43. The zero-order valence-electron chi connectivity index (χ0n) is 11.4. The first-order chi connectivity index (χ1) is 7.52. The summed E-state index contributed by atoms with van der Waals surface area (Å²) in [6, 6.07) is 2.96. The van der Waals surface area contributed by atoms with Crippen LogP contribution in [0.4, 0.5) is 0 Å². The number of morpholine rings is 1. The standard InChI is InChI=1S/C12H27NOSi2/c1-12(2)11-15-9-10-16(3,4)13-5-7-14-8-6-13/h11H,5-10,15H2,1-4H3. The van der Waals surface area contributed by atoms with Gasteiger partial charge in [-0.1, -0.05) is 24.7 Å². The molecule has 0 aromatic carbocycles. The van der Waals surface area contributed by atoms with E-state index in [4.69, 9.17) is 4.74 Å². The minimum Gasteiger partial charge on any atom is -0.379 e. The lowest BCUT2D eigenvalue weighted by Crippen LogP contribution is -2.53. The fourth-order valence-corrected chi connectivity index (χ4v) is 9.02. The maximum absolute atomic E-state index is 5.43. The SMILES string of the molecule is CC(C)=C[SiH2]CC[Si](C)(C)N1CCOCC1. The third-order valence-corrected chi connectivity index (χ3v) is 9.72. The molecule has 0 atom stereocenters. The van der Waals surface area contributed by atoms with Crippen molar-refractivity contribution in [2.75, 3.05) is 26.3 Å². The molecule has 1 heterocycles. The molecule has 0 aromatic rings. The topological polar surface area (TPSA) is 12.5 Å². The van der Waals surface area contributed by atoms with Gasteiger partial charge in [0.1, 0.15) is 8.24 Å². The fraction of sp³-hybridized carbons (Fsp3) is 0.833. The van der Waals surface area contributed by atoms with Crippen LogP contribution < -0.4 is 0 Å². The van der Waals surface area contributed by atoms with Gasteiger partial charge >= 0.3 is 0 Å². The number of nitrogens with zero attached hydrogens (tertiary/aromatic N) is 1. The van der Waals surface area contributed by atoms with Gasteiger partial charge in [0.25, 0.3) is 0 Å². The number of hydrogen-bond acceptors (Lipinski definition) is 2. The molecule has 2 nitrogen and oxygen atoms in total. The van der Waals surface area contributed by atoms with Gasteiger partial charge < -0.3 is 9.30 Å². The van der Waals surface area contributed by atoms with E-state index in [2.05, 4.69) is 37.2 Å². The summed E-state index contributed by atoms with van der Waals surface area (Å²) in [6.45, 7) is 13.7. The Balaban J connectivity index is 2.29. The summed E-state index contributed by atoms with van der Waals surface area (Å²) in [4.78, 5) is 0. The summed E-state index contributed by atoms with van der Waals surface area (Å²) in [5.74, 6) is 0. The number of rotatable bonds is 5. The Kier molecular flexibility index (Phi) is 5.96. The molecule has 1 saturated heterocycles. The Morgan fingerprint density at radius 3 is 2.50 bits per heavy atom. The van der Waals surface area contributed by atoms with Gasteiger partial charge in [0.2, 0.25) is 0 Å². The van der Waals surface area contributed by atoms with Crippen LogP contribution in [0.3, 0.4) is 0 Å². The van der Waals surface area contributed by atoms with Gasteiger partial charge in [0.05, 0.1) is 13.2 Å². The average Bonchev–Trinajstić information content (AvgIpc) is 2.26. The van der Waals surface area contributed by atoms with Gasteiger partial charge in [-0.2, -0.15) is 0 Å².